The Morgan fingerprint density at radius 1 is 0.826 bits per heavy atom. The summed E-state index contributed by atoms with van der Waals surface area (Å²) in [5, 5.41) is 2.97. The van der Waals surface area contributed by atoms with Gasteiger partial charge in [-0.25, -0.2) is 8.42 Å². The van der Waals surface area contributed by atoms with Gasteiger partial charge in [0.1, 0.15) is 18.3 Å². The molecule has 0 aliphatic rings. The van der Waals surface area contributed by atoms with Gasteiger partial charge in [-0.05, 0) is 79.8 Å². The van der Waals surface area contributed by atoms with Gasteiger partial charge in [-0.15, -0.1) is 0 Å². The zero-order valence-electron chi connectivity index (χ0n) is 27.2. The van der Waals surface area contributed by atoms with E-state index in [0.717, 1.165) is 28.7 Å². The maximum Gasteiger partial charge on any atom is 0.264 e. The third-order valence-electron chi connectivity index (χ3n) is 7.83. The van der Waals surface area contributed by atoms with Crippen LogP contribution in [0.15, 0.2) is 102 Å². The maximum absolute atomic E-state index is 14.6. The molecule has 2 amide bonds. The number of aryl methyl sites for hydroxylation is 3. The molecule has 46 heavy (non-hydrogen) atoms. The van der Waals surface area contributed by atoms with Crippen LogP contribution in [0.2, 0.25) is 0 Å². The van der Waals surface area contributed by atoms with Gasteiger partial charge >= 0.3 is 0 Å². The Hall–Kier alpha value is -4.63. The molecule has 4 aromatic rings. The maximum atomic E-state index is 14.6. The molecule has 0 unspecified atom stereocenters. The number of sulfonamides is 1. The van der Waals surface area contributed by atoms with Crippen molar-refractivity contribution in [1.29, 1.82) is 0 Å². The van der Waals surface area contributed by atoms with Crippen molar-refractivity contribution in [3.8, 4) is 5.75 Å². The van der Waals surface area contributed by atoms with Crippen LogP contribution < -0.4 is 14.4 Å². The van der Waals surface area contributed by atoms with E-state index in [1.165, 1.54) is 9.21 Å². The highest BCUT2D eigenvalue weighted by molar-refractivity contribution is 7.92. The number of carbonyl (C=O) groups excluding carboxylic acids is 2. The summed E-state index contributed by atoms with van der Waals surface area (Å²) in [6.07, 6.45) is 0.975. The first-order valence-corrected chi connectivity index (χ1v) is 16.9. The van der Waals surface area contributed by atoms with Crippen molar-refractivity contribution in [2.24, 2.45) is 0 Å². The van der Waals surface area contributed by atoms with Gasteiger partial charge in [-0.3, -0.25) is 13.9 Å². The molecule has 0 aliphatic heterocycles. The van der Waals surface area contributed by atoms with Gasteiger partial charge in [-0.2, -0.15) is 0 Å². The van der Waals surface area contributed by atoms with Crippen molar-refractivity contribution in [3.05, 3.63) is 125 Å². The lowest BCUT2D eigenvalue weighted by atomic mass is 10.0. The number of nitrogens with one attached hydrogen (secondary N) is 1. The molecule has 9 heteroatoms. The van der Waals surface area contributed by atoms with Crippen LogP contribution in [0, 0.1) is 20.8 Å². The predicted molar refractivity (Wildman–Crippen MR) is 182 cm³/mol. The molecule has 1 N–H and O–H groups in total. The average Bonchev–Trinajstić information content (AvgIpc) is 3.05. The zero-order valence-corrected chi connectivity index (χ0v) is 28.0. The second kappa shape index (κ2) is 15.6. The molecule has 0 radical (unpaired) electrons. The number of ether oxygens (including phenoxy) is 1. The summed E-state index contributed by atoms with van der Waals surface area (Å²) in [7, 11) is -2.61. The van der Waals surface area contributed by atoms with Gasteiger partial charge in [0.15, 0.2) is 0 Å². The lowest BCUT2D eigenvalue weighted by Gasteiger charge is -2.34. The van der Waals surface area contributed by atoms with Crippen LogP contribution in [0.4, 0.5) is 5.69 Å². The highest BCUT2D eigenvalue weighted by Crippen LogP contribution is 2.29. The van der Waals surface area contributed by atoms with Crippen LogP contribution in [0.3, 0.4) is 0 Å². The standard InChI is InChI=1S/C37H43N3O5S/c1-6-21-38-37(42)35(24-30-11-8-7-9-12-30)39(25-31-13-10-14-32(23-31)45-5)36(41)26-40(34-22-28(3)15-18-29(34)4)46(43,44)33-19-16-27(2)17-20-33/h7-20,22-23,35H,6,21,24-26H2,1-5H3,(H,38,42)/t35-/m0/s1. The van der Waals surface area contributed by atoms with Gasteiger partial charge in [0, 0.05) is 19.5 Å². The molecule has 0 heterocycles. The van der Waals surface area contributed by atoms with Crippen molar-refractivity contribution in [2.75, 3.05) is 24.5 Å². The highest BCUT2D eigenvalue weighted by Gasteiger charge is 2.35. The Labute approximate surface area is 273 Å². The first kappa shape index (κ1) is 34.2. The summed E-state index contributed by atoms with van der Waals surface area (Å²) in [5.41, 5.74) is 4.50. The van der Waals surface area contributed by atoms with Gasteiger partial charge in [0.2, 0.25) is 11.8 Å². The van der Waals surface area contributed by atoms with Gasteiger partial charge < -0.3 is 15.0 Å². The summed E-state index contributed by atoms with van der Waals surface area (Å²) in [5.74, 6) is -0.201. The van der Waals surface area contributed by atoms with Crippen molar-refractivity contribution in [1.82, 2.24) is 10.2 Å². The quantitative estimate of drug-likeness (QED) is 0.183. The van der Waals surface area contributed by atoms with Crippen molar-refractivity contribution in [2.45, 2.75) is 58.0 Å². The van der Waals surface area contributed by atoms with E-state index >= 15 is 0 Å². The monoisotopic (exact) mass is 641 g/mol. The van der Waals surface area contributed by atoms with Crippen LogP contribution in [0.25, 0.3) is 0 Å². The molecule has 0 spiro atoms. The number of amides is 2. The van der Waals surface area contributed by atoms with E-state index in [4.69, 9.17) is 4.74 Å². The first-order valence-electron chi connectivity index (χ1n) is 15.4. The van der Waals surface area contributed by atoms with E-state index in [1.54, 1.807) is 37.4 Å². The van der Waals surface area contributed by atoms with Crippen LogP contribution in [-0.4, -0.2) is 51.4 Å². The lowest BCUT2D eigenvalue weighted by Crippen LogP contribution is -2.53. The van der Waals surface area contributed by atoms with Crippen molar-refractivity contribution >= 4 is 27.5 Å². The third-order valence-corrected chi connectivity index (χ3v) is 9.60. The molecular weight excluding hydrogens is 598 g/mol. The van der Waals surface area contributed by atoms with Gasteiger partial charge in [-0.1, -0.05) is 79.2 Å². The number of rotatable bonds is 14. The van der Waals surface area contributed by atoms with Crippen molar-refractivity contribution < 1.29 is 22.7 Å². The first-order chi connectivity index (χ1) is 22.0. The fraction of sp³-hybridized carbons (Fsp3) is 0.297. The summed E-state index contributed by atoms with van der Waals surface area (Å²) in [4.78, 5) is 30.0. The highest BCUT2D eigenvalue weighted by atomic mass is 32.2. The topological polar surface area (TPSA) is 96.0 Å². The number of benzene rings is 4. The number of hydrogen-bond donors (Lipinski definition) is 1. The zero-order chi connectivity index (χ0) is 33.3. The Morgan fingerprint density at radius 3 is 2.17 bits per heavy atom. The molecular formula is C37H43N3O5S. The predicted octanol–water partition coefficient (Wildman–Crippen LogP) is 5.98. The van der Waals surface area contributed by atoms with E-state index in [1.807, 2.05) is 94.4 Å². The number of methoxy groups -OCH3 is 1. The van der Waals surface area contributed by atoms with Crippen LogP contribution in [0.5, 0.6) is 5.75 Å². The van der Waals surface area contributed by atoms with Gasteiger partial charge in [0.05, 0.1) is 17.7 Å². The number of nitrogens with zero attached hydrogens (tertiary/aromatic N) is 2. The molecule has 4 aromatic carbocycles. The SMILES string of the molecule is CCCNC(=O)[C@H](Cc1ccccc1)N(Cc1cccc(OC)c1)C(=O)CN(c1cc(C)ccc1C)S(=O)(=O)c1ccc(C)cc1. The lowest BCUT2D eigenvalue weighted by molar-refractivity contribution is -0.140. The van der Waals surface area contributed by atoms with E-state index in [2.05, 4.69) is 5.32 Å². The third kappa shape index (κ3) is 8.54. The fourth-order valence-electron chi connectivity index (χ4n) is 5.23. The molecule has 0 fully saturated rings. The van der Waals surface area contributed by atoms with E-state index in [9.17, 15) is 18.0 Å². The van der Waals surface area contributed by atoms with Crippen LogP contribution in [-0.2, 0) is 32.6 Å². The molecule has 0 bridgehead atoms. The van der Waals surface area contributed by atoms with E-state index in [0.29, 0.717) is 23.5 Å². The molecule has 4 rings (SSSR count). The van der Waals surface area contributed by atoms with E-state index in [-0.39, 0.29) is 23.8 Å². The molecule has 0 aromatic heterocycles. The summed E-state index contributed by atoms with van der Waals surface area (Å²) >= 11 is 0. The second-order valence-electron chi connectivity index (χ2n) is 11.5. The fourth-order valence-corrected chi connectivity index (χ4v) is 6.70. The number of hydrogen-bond acceptors (Lipinski definition) is 5. The molecule has 0 saturated heterocycles. The Kier molecular flexibility index (Phi) is 11.6. The minimum Gasteiger partial charge on any atom is -0.497 e. The normalized spacial score (nSPS) is 11.8. The molecule has 8 nitrogen and oxygen atoms in total. The van der Waals surface area contributed by atoms with E-state index < -0.39 is 28.5 Å². The minimum atomic E-state index is -4.18. The summed E-state index contributed by atoms with van der Waals surface area (Å²) in [6.45, 7) is 7.56. The Morgan fingerprint density at radius 2 is 1.50 bits per heavy atom. The largest absolute Gasteiger partial charge is 0.497 e. The molecule has 242 valence electrons. The average molecular weight is 642 g/mol. The minimum absolute atomic E-state index is 0.0678. The molecule has 1 atom stereocenters. The van der Waals surface area contributed by atoms with Crippen molar-refractivity contribution in [3.63, 3.8) is 0 Å². The smallest absolute Gasteiger partial charge is 0.264 e. The van der Waals surface area contributed by atoms with Gasteiger partial charge in [0.25, 0.3) is 10.0 Å². The van der Waals surface area contributed by atoms with Crippen LogP contribution in [0.1, 0.15) is 41.2 Å². The summed E-state index contributed by atoms with van der Waals surface area (Å²) < 4.78 is 35.2. The van der Waals surface area contributed by atoms with Crippen LogP contribution >= 0.6 is 0 Å². The Balaban J connectivity index is 1.83. The number of carbonyl (C=O) groups is 2. The number of anilines is 1. The second-order valence-corrected chi connectivity index (χ2v) is 13.3. The molecule has 0 saturated carbocycles. The summed E-state index contributed by atoms with van der Waals surface area (Å²) in [6, 6.07) is 28.0. The Bertz CT molecular complexity index is 1740. The molecule has 0 aliphatic carbocycles.